The van der Waals surface area contributed by atoms with Crippen LogP contribution >= 0.6 is 22.6 Å². The van der Waals surface area contributed by atoms with Crippen LogP contribution in [0, 0.1) is 11.8 Å². The molecule has 0 aliphatic carbocycles. The molecule has 0 saturated heterocycles. The highest BCUT2D eigenvalue weighted by Crippen LogP contribution is 2.14. The lowest BCUT2D eigenvalue weighted by Gasteiger charge is -2.25. The number of nitrogens with one attached hydrogen (secondary N) is 2. The van der Waals surface area contributed by atoms with Crippen molar-refractivity contribution in [1.82, 2.24) is 10.6 Å². The highest BCUT2D eigenvalue weighted by atomic mass is 127. The second kappa shape index (κ2) is 8.55. The molecule has 0 aromatic rings. The van der Waals surface area contributed by atoms with Gasteiger partial charge in [-0.25, -0.2) is 4.79 Å². The number of hydrogen-bond acceptors (Lipinski definition) is 3. The Bertz CT molecular complexity index is 284. The first-order valence-electron chi connectivity index (χ1n) is 6.12. The van der Waals surface area contributed by atoms with Gasteiger partial charge in [0, 0.05) is 0 Å². The van der Waals surface area contributed by atoms with Crippen molar-refractivity contribution < 1.29 is 14.3 Å². The number of ether oxygens (including phenoxy) is 1. The fourth-order valence-electron chi connectivity index (χ4n) is 1.30. The van der Waals surface area contributed by atoms with E-state index in [1.54, 1.807) is 0 Å². The predicted molar refractivity (Wildman–Crippen MR) is 79.6 cm³/mol. The number of carbonyl (C=O) groups excluding carboxylic acids is 2. The van der Waals surface area contributed by atoms with Gasteiger partial charge in [-0.05, 0) is 11.8 Å². The maximum atomic E-state index is 12.1. The van der Waals surface area contributed by atoms with Crippen LogP contribution in [0.4, 0.5) is 4.79 Å². The molecule has 0 rings (SSSR count). The van der Waals surface area contributed by atoms with E-state index >= 15 is 0 Å². The van der Waals surface area contributed by atoms with Gasteiger partial charge in [-0.3, -0.25) is 4.79 Å². The van der Waals surface area contributed by atoms with Crippen LogP contribution in [0.15, 0.2) is 0 Å². The van der Waals surface area contributed by atoms with Crippen LogP contribution in [0.25, 0.3) is 0 Å². The molecule has 3 atom stereocenters. The van der Waals surface area contributed by atoms with Crippen LogP contribution in [0.3, 0.4) is 0 Å². The summed E-state index contributed by atoms with van der Waals surface area (Å²) >= 11 is 2.21. The SMILES string of the molecule is CCC(C)[C@@H](I)NC(=O)[C@H](NC(=O)OC)C(C)C. The minimum Gasteiger partial charge on any atom is -0.453 e. The second-order valence-electron chi connectivity index (χ2n) is 4.65. The minimum absolute atomic E-state index is 0.00429. The Morgan fingerprint density at radius 3 is 2.17 bits per heavy atom. The van der Waals surface area contributed by atoms with E-state index in [1.165, 1.54) is 7.11 Å². The molecule has 1 unspecified atom stereocenters. The summed E-state index contributed by atoms with van der Waals surface area (Å²) in [5, 5.41) is 5.47. The van der Waals surface area contributed by atoms with Crippen LogP contribution in [0.2, 0.25) is 0 Å². The van der Waals surface area contributed by atoms with Gasteiger partial charge in [0.15, 0.2) is 0 Å². The molecule has 0 aliphatic rings. The van der Waals surface area contributed by atoms with Gasteiger partial charge in [0.05, 0.1) is 11.2 Å². The summed E-state index contributed by atoms with van der Waals surface area (Å²) in [5.41, 5.74) is 0. The smallest absolute Gasteiger partial charge is 0.407 e. The van der Waals surface area contributed by atoms with Gasteiger partial charge in [0.1, 0.15) is 6.04 Å². The van der Waals surface area contributed by atoms with Crippen molar-refractivity contribution in [2.24, 2.45) is 11.8 Å². The maximum absolute atomic E-state index is 12.1. The Kier molecular flexibility index (Phi) is 8.30. The van der Waals surface area contributed by atoms with E-state index < -0.39 is 12.1 Å². The predicted octanol–water partition coefficient (Wildman–Crippen LogP) is 2.29. The van der Waals surface area contributed by atoms with Crippen molar-refractivity contribution in [3.8, 4) is 0 Å². The number of alkyl carbamates (subject to hydrolysis) is 1. The summed E-state index contributed by atoms with van der Waals surface area (Å²) in [5.74, 6) is 0.222. The van der Waals surface area contributed by atoms with E-state index in [-0.39, 0.29) is 15.9 Å². The third kappa shape index (κ3) is 5.88. The first kappa shape index (κ1) is 17.5. The molecule has 5 nitrogen and oxygen atoms in total. The van der Waals surface area contributed by atoms with E-state index in [9.17, 15) is 9.59 Å². The lowest BCUT2D eigenvalue weighted by atomic mass is 10.0. The Morgan fingerprint density at radius 1 is 1.22 bits per heavy atom. The molecule has 0 radical (unpaired) electrons. The fraction of sp³-hybridized carbons (Fsp3) is 0.833. The molecule has 0 spiro atoms. The lowest BCUT2D eigenvalue weighted by molar-refractivity contribution is -0.124. The monoisotopic (exact) mass is 370 g/mol. The van der Waals surface area contributed by atoms with E-state index in [4.69, 9.17) is 0 Å². The number of carbonyl (C=O) groups is 2. The van der Waals surface area contributed by atoms with Crippen molar-refractivity contribution in [3.05, 3.63) is 0 Å². The summed E-state index contributed by atoms with van der Waals surface area (Å²) in [7, 11) is 1.28. The molecule has 0 aromatic carbocycles. The van der Waals surface area contributed by atoms with Gasteiger partial charge in [-0.1, -0.05) is 56.7 Å². The highest BCUT2D eigenvalue weighted by molar-refractivity contribution is 14.1. The molecule has 0 saturated carbocycles. The molecule has 6 heteroatoms. The van der Waals surface area contributed by atoms with Crippen molar-refractivity contribution in [1.29, 1.82) is 0 Å². The van der Waals surface area contributed by atoms with Gasteiger partial charge < -0.3 is 15.4 Å². The number of amides is 2. The van der Waals surface area contributed by atoms with Crippen molar-refractivity contribution >= 4 is 34.6 Å². The van der Waals surface area contributed by atoms with E-state index in [1.807, 2.05) is 13.8 Å². The number of alkyl halides is 1. The molecule has 0 aromatic heterocycles. The van der Waals surface area contributed by atoms with Crippen molar-refractivity contribution in [2.45, 2.75) is 44.2 Å². The quantitative estimate of drug-likeness (QED) is 0.428. The number of halogens is 1. The number of rotatable bonds is 6. The molecule has 0 fully saturated rings. The second-order valence-corrected chi connectivity index (χ2v) is 6.00. The Balaban J connectivity index is 4.53. The standard InChI is InChI=1S/C12H23IN2O3/c1-6-8(4)10(13)15-11(16)9(7(2)3)14-12(17)18-5/h7-10H,6H2,1-5H3,(H,14,17)(H,15,16)/t8?,9-,10+/m1/s1. The molecular weight excluding hydrogens is 347 g/mol. The van der Waals surface area contributed by atoms with Crippen molar-refractivity contribution in [3.63, 3.8) is 0 Å². The number of hydrogen-bond donors (Lipinski definition) is 2. The molecule has 18 heavy (non-hydrogen) atoms. The molecule has 0 aliphatic heterocycles. The Hall–Kier alpha value is -0.530. The minimum atomic E-state index is -0.586. The molecule has 106 valence electrons. The molecule has 0 bridgehead atoms. The normalized spacial score (nSPS) is 15.7. The molecule has 0 heterocycles. The van der Waals surface area contributed by atoms with Crippen LogP contribution in [0.5, 0.6) is 0 Å². The zero-order valence-electron chi connectivity index (χ0n) is 11.6. The third-order valence-corrected chi connectivity index (χ3v) is 4.37. The van der Waals surface area contributed by atoms with E-state index in [0.29, 0.717) is 5.92 Å². The van der Waals surface area contributed by atoms with Crippen LogP contribution in [-0.2, 0) is 9.53 Å². The summed E-state index contributed by atoms with van der Waals surface area (Å²) in [6.07, 6.45) is 0.405. The summed E-state index contributed by atoms with van der Waals surface area (Å²) in [6.45, 7) is 7.92. The number of methoxy groups -OCH3 is 1. The summed E-state index contributed by atoms with van der Waals surface area (Å²) in [6, 6.07) is -0.571. The first-order valence-corrected chi connectivity index (χ1v) is 7.36. The Morgan fingerprint density at radius 2 is 1.78 bits per heavy atom. The molecular formula is C12H23IN2O3. The first-order chi connectivity index (χ1) is 8.33. The van der Waals surface area contributed by atoms with Gasteiger partial charge >= 0.3 is 6.09 Å². The largest absolute Gasteiger partial charge is 0.453 e. The fourth-order valence-corrected chi connectivity index (χ4v) is 2.11. The topological polar surface area (TPSA) is 67.4 Å². The summed E-state index contributed by atoms with van der Waals surface area (Å²) < 4.78 is 4.58. The van der Waals surface area contributed by atoms with Crippen LogP contribution in [-0.4, -0.2) is 29.2 Å². The van der Waals surface area contributed by atoms with Gasteiger partial charge in [0.2, 0.25) is 5.91 Å². The van der Waals surface area contributed by atoms with Gasteiger partial charge in [-0.15, -0.1) is 0 Å². The third-order valence-electron chi connectivity index (χ3n) is 2.83. The van der Waals surface area contributed by atoms with Crippen LogP contribution in [0.1, 0.15) is 34.1 Å². The highest BCUT2D eigenvalue weighted by Gasteiger charge is 2.26. The van der Waals surface area contributed by atoms with E-state index in [2.05, 4.69) is 51.8 Å². The van der Waals surface area contributed by atoms with Crippen molar-refractivity contribution in [2.75, 3.05) is 7.11 Å². The zero-order chi connectivity index (χ0) is 14.3. The van der Waals surface area contributed by atoms with E-state index in [0.717, 1.165) is 6.42 Å². The molecule has 2 N–H and O–H groups in total. The van der Waals surface area contributed by atoms with Gasteiger partial charge in [-0.2, -0.15) is 0 Å². The maximum Gasteiger partial charge on any atom is 0.407 e. The average molecular weight is 370 g/mol. The zero-order valence-corrected chi connectivity index (χ0v) is 13.8. The average Bonchev–Trinajstić information content (AvgIpc) is 2.33. The van der Waals surface area contributed by atoms with Crippen LogP contribution < -0.4 is 10.6 Å². The Labute approximate surface area is 123 Å². The molecule has 2 amide bonds. The lowest BCUT2D eigenvalue weighted by Crippen LogP contribution is -2.51. The van der Waals surface area contributed by atoms with Gasteiger partial charge in [0.25, 0.3) is 0 Å². The summed E-state index contributed by atoms with van der Waals surface area (Å²) in [4.78, 5) is 23.3.